The fourth-order valence-corrected chi connectivity index (χ4v) is 4.64. The highest BCUT2D eigenvalue weighted by atomic mass is 32.1. The summed E-state index contributed by atoms with van der Waals surface area (Å²) in [7, 11) is 0. The monoisotopic (exact) mass is 329 g/mol. The van der Waals surface area contributed by atoms with E-state index in [0.717, 1.165) is 29.0 Å². The minimum Gasteiger partial charge on any atom is -0.260 e. The van der Waals surface area contributed by atoms with E-state index >= 15 is 0 Å². The number of thiophene rings is 1. The maximum Gasteiger partial charge on any atom is 0.0790 e. The van der Waals surface area contributed by atoms with Crippen molar-refractivity contribution in [2.24, 2.45) is 4.99 Å². The standard InChI is InChI=1S/C22H19NS/c1-3-23-21(16-10-5-4-9-15(16)2)19-13-8-12-18-17-11-6-7-14-20(17)24-22(18)19/h3-6,8-13H,2,7,14H2,1H3/b21-16-,23-3+. The van der Waals surface area contributed by atoms with Crippen molar-refractivity contribution in [1.29, 1.82) is 0 Å². The highest BCUT2D eigenvalue weighted by Crippen LogP contribution is 2.39. The second-order valence-corrected chi connectivity index (χ2v) is 7.06. The Bertz CT molecular complexity index is 1080. The predicted molar refractivity (Wildman–Crippen MR) is 107 cm³/mol. The molecule has 2 heteroatoms. The average Bonchev–Trinajstić information content (AvgIpc) is 2.99. The maximum absolute atomic E-state index is 4.72. The smallest absolute Gasteiger partial charge is 0.0790 e. The molecule has 0 N–H and O–H groups in total. The van der Waals surface area contributed by atoms with Crippen molar-refractivity contribution in [3.05, 3.63) is 75.0 Å². The summed E-state index contributed by atoms with van der Waals surface area (Å²) in [5.41, 5.74) is 3.61. The lowest BCUT2D eigenvalue weighted by molar-refractivity contribution is 1.02. The van der Waals surface area contributed by atoms with Gasteiger partial charge in [0.25, 0.3) is 0 Å². The van der Waals surface area contributed by atoms with E-state index in [1.807, 2.05) is 36.6 Å². The Morgan fingerprint density at radius 3 is 2.88 bits per heavy atom. The van der Waals surface area contributed by atoms with Crippen LogP contribution in [0.1, 0.15) is 29.3 Å². The van der Waals surface area contributed by atoms with Crippen LogP contribution in [-0.4, -0.2) is 6.21 Å². The zero-order chi connectivity index (χ0) is 16.5. The van der Waals surface area contributed by atoms with E-state index in [9.17, 15) is 0 Å². The third-order valence-electron chi connectivity index (χ3n) is 4.44. The Balaban J connectivity index is 2.11. The molecule has 0 unspecified atom stereocenters. The summed E-state index contributed by atoms with van der Waals surface area (Å²) in [4.78, 5) is 6.21. The zero-order valence-corrected chi connectivity index (χ0v) is 14.6. The summed E-state index contributed by atoms with van der Waals surface area (Å²) >= 11 is 1.91. The molecule has 0 spiro atoms. The number of benzene rings is 2. The van der Waals surface area contributed by atoms with Crippen LogP contribution in [0.4, 0.5) is 0 Å². The Morgan fingerprint density at radius 2 is 2.04 bits per heavy atom. The maximum atomic E-state index is 4.72. The molecule has 0 saturated heterocycles. The molecule has 4 rings (SSSR count). The number of hydrogen-bond acceptors (Lipinski definition) is 2. The van der Waals surface area contributed by atoms with Gasteiger partial charge in [0.2, 0.25) is 0 Å². The quantitative estimate of drug-likeness (QED) is 0.613. The second-order valence-electron chi connectivity index (χ2n) is 5.96. The van der Waals surface area contributed by atoms with Crippen LogP contribution in [0.25, 0.3) is 28.4 Å². The molecule has 1 aromatic heterocycles. The molecule has 0 fully saturated rings. The Kier molecular flexibility index (Phi) is 3.91. The predicted octanol–water partition coefficient (Wildman–Crippen LogP) is 4.52. The first kappa shape index (κ1) is 15.1. The molecule has 24 heavy (non-hydrogen) atoms. The highest BCUT2D eigenvalue weighted by Gasteiger charge is 2.16. The van der Waals surface area contributed by atoms with Crippen molar-refractivity contribution < 1.29 is 0 Å². The van der Waals surface area contributed by atoms with E-state index in [-0.39, 0.29) is 0 Å². The zero-order valence-electron chi connectivity index (χ0n) is 13.8. The van der Waals surface area contributed by atoms with Crippen molar-refractivity contribution >= 4 is 46.0 Å². The second kappa shape index (κ2) is 6.21. The van der Waals surface area contributed by atoms with Gasteiger partial charge in [-0.1, -0.05) is 61.2 Å². The molecule has 3 aromatic rings. The largest absolute Gasteiger partial charge is 0.260 e. The van der Waals surface area contributed by atoms with Gasteiger partial charge in [-0.15, -0.1) is 11.3 Å². The van der Waals surface area contributed by atoms with E-state index in [2.05, 4.69) is 49.1 Å². The van der Waals surface area contributed by atoms with E-state index in [0.29, 0.717) is 0 Å². The molecule has 1 aliphatic carbocycles. The van der Waals surface area contributed by atoms with Gasteiger partial charge in [-0.2, -0.15) is 0 Å². The van der Waals surface area contributed by atoms with Gasteiger partial charge >= 0.3 is 0 Å². The number of rotatable bonds is 2. The summed E-state index contributed by atoms with van der Waals surface area (Å²) < 4.78 is 1.33. The van der Waals surface area contributed by atoms with Gasteiger partial charge in [-0.05, 0) is 30.5 Å². The number of fused-ring (bicyclic) bond motifs is 3. The van der Waals surface area contributed by atoms with E-state index in [1.165, 1.54) is 26.1 Å². The van der Waals surface area contributed by atoms with Crippen LogP contribution < -0.4 is 10.4 Å². The van der Waals surface area contributed by atoms with Crippen molar-refractivity contribution in [2.75, 3.05) is 0 Å². The Labute approximate surface area is 146 Å². The van der Waals surface area contributed by atoms with Gasteiger partial charge in [-0.25, -0.2) is 0 Å². The number of hydrogen-bond donors (Lipinski definition) is 0. The van der Waals surface area contributed by atoms with Crippen molar-refractivity contribution in [2.45, 2.75) is 19.8 Å². The number of aryl methyl sites for hydroxylation is 1. The van der Waals surface area contributed by atoms with E-state index < -0.39 is 0 Å². The highest BCUT2D eigenvalue weighted by molar-refractivity contribution is 7.19. The number of aliphatic imine (C=N–C) groups is 1. The van der Waals surface area contributed by atoms with Crippen LogP contribution in [0.15, 0.2) is 53.5 Å². The van der Waals surface area contributed by atoms with Crippen LogP contribution in [-0.2, 0) is 6.42 Å². The molecule has 0 atom stereocenters. The fourth-order valence-electron chi connectivity index (χ4n) is 3.32. The van der Waals surface area contributed by atoms with Crippen LogP contribution in [0.2, 0.25) is 0 Å². The molecular weight excluding hydrogens is 310 g/mol. The van der Waals surface area contributed by atoms with Crippen LogP contribution in [0.5, 0.6) is 0 Å². The summed E-state index contributed by atoms with van der Waals surface area (Å²) in [6.45, 7) is 6.16. The van der Waals surface area contributed by atoms with Crippen molar-refractivity contribution in [3.8, 4) is 0 Å². The minimum atomic E-state index is 1.01. The fraction of sp³-hybridized carbons (Fsp3) is 0.136. The van der Waals surface area contributed by atoms with Gasteiger partial charge in [-0.3, -0.25) is 4.99 Å². The van der Waals surface area contributed by atoms with Crippen molar-refractivity contribution in [3.63, 3.8) is 0 Å². The average molecular weight is 329 g/mol. The van der Waals surface area contributed by atoms with Gasteiger partial charge < -0.3 is 0 Å². The lowest BCUT2D eigenvalue weighted by Crippen LogP contribution is -2.25. The third kappa shape index (κ3) is 2.44. The van der Waals surface area contributed by atoms with Gasteiger partial charge in [0.15, 0.2) is 0 Å². The van der Waals surface area contributed by atoms with Crippen LogP contribution in [0.3, 0.4) is 0 Å². The van der Waals surface area contributed by atoms with Gasteiger partial charge in [0, 0.05) is 32.0 Å². The molecule has 118 valence electrons. The molecule has 0 bridgehead atoms. The summed E-state index contributed by atoms with van der Waals surface area (Å²) in [6.07, 6.45) is 8.71. The molecule has 1 heterocycles. The molecule has 1 nitrogen and oxygen atoms in total. The Morgan fingerprint density at radius 1 is 1.17 bits per heavy atom. The summed E-state index contributed by atoms with van der Waals surface area (Å²) in [5.74, 6) is 0. The third-order valence-corrected chi connectivity index (χ3v) is 5.75. The lowest BCUT2D eigenvalue weighted by Gasteiger charge is -2.06. The summed E-state index contributed by atoms with van der Waals surface area (Å²) in [6, 6.07) is 14.8. The summed E-state index contributed by atoms with van der Waals surface area (Å²) in [5, 5.41) is 3.45. The van der Waals surface area contributed by atoms with Gasteiger partial charge in [0.05, 0.1) is 5.70 Å². The van der Waals surface area contributed by atoms with Gasteiger partial charge in [0.1, 0.15) is 0 Å². The minimum absolute atomic E-state index is 1.01. The molecule has 0 amide bonds. The van der Waals surface area contributed by atoms with E-state index in [4.69, 9.17) is 4.99 Å². The molecule has 0 radical (unpaired) electrons. The van der Waals surface area contributed by atoms with E-state index in [1.54, 1.807) is 0 Å². The first-order chi connectivity index (χ1) is 11.8. The lowest BCUT2D eigenvalue weighted by atomic mass is 10.00. The molecule has 0 saturated carbocycles. The number of nitrogens with zero attached hydrogens (tertiary/aromatic N) is 1. The SMILES string of the molecule is C=c1cccc/c1=C(/N=C/C)c1cccc2c3c(sc12)CCC=C3. The normalized spacial score (nSPS) is 15.0. The number of allylic oxidation sites excluding steroid dienone is 1. The topological polar surface area (TPSA) is 12.4 Å². The first-order valence-electron chi connectivity index (χ1n) is 8.28. The molecule has 2 aromatic carbocycles. The molecule has 1 aliphatic rings. The first-order valence-corrected chi connectivity index (χ1v) is 9.09. The van der Waals surface area contributed by atoms with Crippen LogP contribution in [0, 0.1) is 0 Å². The van der Waals surface area contributed by atoms with Crippen LogP contribution >= 0.6 is 11.3 Å². The molecule has 0 aliphatic heterocycles. The Hall–Kier alpha value is -2.45. The molecular formula is C22H19NS. The van der Waals surface area contributed by atoms with Crippen molar-refractivity contribution in [1.82, 2.24) is 0 Å².